The van der Waals surface area contributed by atoms with E-state index in [1.165, 1.54) is 4.90 Å². The number of ether oxygens (including phenoxy) is 1. The summed E-state index contributed by atoms with van der Waals surface area (Å²) in [5, 5.41) is 4.49. The first-order chi connectivity index (χ1) is 15.5. The average molecular weight is 448 g/mol. The van der Waals surface area contributed by atoms with E-state index in [-0.39, 0.29) is 12.5 Å². The standard InChI is InChI=1S/C25H22ClN3O3/c1-17-7-6-10-19(13-17)24-27-23(32-28-24)15-29(2)25(30)21-14-20(26)11-12-22(21)31-16-18-8-4-3-5-9-18/h3-14H,15-16H2,1-2H3. The fraction of sp³-hybridized carbons (Fsp3) is 0.160. The Morgan fingerprint density at radius 1 is 1.06 bits per heavy atom. The topological polar surface area (TPSA) is 68.5 Å². The van der Waals surface area contributed by atoms with Gasteiger partial charge in [0.1, 0.15) is 18.9 Å². The second-order valence-electron chi connectivity index (χ2n) is 7.46. The number of carbonyl (C=O) groups is 1. The van der Waals surface area contributed by atoms with E-state index in [2.05, 4.69) is 10.1 Å². The molecule has 0 saturated carbocycles. The molecule has 0 spiro atoms. The molecule has 0 atom stereocenters. The minimum absolute atomic E-state index is 0.155. The van der Waals surface area contributed by atoms with Crippen LogP contribution in [-0.2, 0) is 13.2 Å². The van der Waals surface area contributed by atoms with Crippen molar-refractivity contribution in [2.24, 2.45) is 0 Å². The van der Waals surface area contributed by atoms with Crippen molar-refractivity contribution >= 4 is 17.5 Å². The molecular formula is C25H22ClN3O3. The Bertz CT molecular complexity index is 1220. The predicted molar refractivity (Wildman–Crippen MR) is 122 cm³/mol. The first-order valence-corrected chi connectivity index (χ1v) is 10.5. The molecule has 0 unspecified atom stereocenters. The highest BCUT2D eigenvalue weighted by atomic mass is 35.5. The second-order valence-corrected chi connectivity index (χ2v) is 7.89. The van der Waals surface area contributed by atoms with Crippen LogP contribution in [0.15, 0.2) is 77.3 Å². The second kappa shape index (κ2) is 9.66. The number of carbonyl (C=O) groups excluding carboxylic acids is 1. The molecule has 7 heteroatoms. The van der Waals surface area contributed by atoms with Gasteiger partial charge in [-0.1, -0.05) is 70.9 Å². The van der Waals surface area contributed by atoms with Crippen molar-refractivity contribution in [1.29, 1.82) is 0 Å². The van der Waals surface area contributed by atoms with E-state index >= 15 is 0 Å². The van der Waals surface area contributed by atoms with Gasteiger partial charge in [-0.2, -0.15) is 4.98 Å². The molecule has 162 valence electrons. The quantitative estimate of drug-likeness (QED) is 0.371. The summed E-state index contributed by atoms with van der Waals surface area (Å²) in [5.41, 5.74) is 3.34. The molecular weight excluding hydrogens is 426 g/mol. The predicted octanol–water partition coefficient (Wildman–Crippen LogP) is 5.55. The molecule has 0 aliphatic rings. The lowest BCUT2D eigenvalue weighted by atomic mass is 10.1. The van der Waals surface area contributed by atoms with Crippen LogP contribution in [0.3, 0.4) is 0 Å². The summed E-state index contributed by atoms with van der Waals surface area (Å²) in [6.07, 6.45) is 0. The Labute approximate surface area is 191 Å². The molecule has 3 aromatic carbocycles. The number of benzene rings is 3. The first-order valence-electron chi connectivity index (χ1n) is 10.1. The van der Waals surface area contributed by atoms with Crippen molar-refractivity contribution in [1.82, 2.24) is 15.0 Å². The molecule has 0 fully saturated rings. The van der Waals surface area contributed by atoms with E-state index < -0.39 is 0 Å². The van der Waals surface area contributed by atoms with Gasteiger partial charge in [-0.3, -0.25) is 4.79 Å². The zero-order valence-electron chi connectivity index (χ0n) is 17.8. The molecule has 0 N–H and O–H groups in total. The van der Waals surface area contributed by atoms with E-state index in [1.54, 1.807) is 25.2 Å². The molecule has 4 rings (SSSR count). The largest absolute Gasteiger partial charge is 0.488 e. The van der Waals surface area contributed by atoms with Crippen LogP contribution in [0.1, 0.15) is 27.4 Å². The van der Waals surface area contributed by atoms with Crippen LogP contribution in [0, 0.1) is 6.92 Å². The summed E-state index contributed by atoms with van der Waals surface area (Å²) in [6.45, 7) is 2.50. The fourth-order valence-corrected chi connectivity index (χ4v) is 3.40. The monoisotopic (exact) mass is 447 g/mol. The van der Waals surface area contributed by atoms with E-state index in [9.17, 15) is 4.79 Å². The highest BCUT2D eigenvalue weighted by Crippen LogP contribution is 2.26. The zero-order valence-corrected chi connectivity index (χ0v) is 18.5. The minimum atomic E-state index is -0.258. The summed E-state index contributed by atoms with van der Waals surface area (Å²) in [7, 11) is 1.67. The Kier molecular flexibility index (Phi) is 6.52. The lowest BCUT2D eigenvalue weighted by Crippen LogP contribution is -2.27. The maximum absolute atomic E-state index is 13.2. The summed E-state index contributed by atoms with van der Waals surface area (Å²) >= 11 is 6.16. The van der Waals surface area contributed by atoms with Crippen LogP contribution >= 0.6 is 11.6 Å². The van der Waals surface area contributed by atoms with Gasteiger partial charge in [-0.15, -0.1) is 0 Å². The van der Waals surface area contributed by atoms with Crippen LogP contribution in [0.2, 0.25) is 5.02 Å². The molecule has 0 radical (unpaired) electrons. The van der Waals surface area contributed by atoms with Gasteiger partial charge in [0, 0.05) is 17.6 Å². The number of rotatable bonds is 7. The molecule has 4 aromatic rings. The van der Waals surface area contributed by atoms with Crippen LogP contribution in [0.4, 0.5) is 0 Å². The van der Waals surface area contributed by atoms with E-state index in [4.69, 9.17) is 20.9 Å². The molecule has 32 heavy (non-hydrogen) atoms. The molecule has 0 bridgehead atoms. The maximum atomic E-state index is 13.2. The van der Waals surface area contributed by atoms with Gasteiger partial charge in [0.25, 0.3) is 5.91 Å². The van der Waals surface area contributed by atoms with Gasteiger partial charge in [0.05, 0.1) is 5.56 Å². The highest BCUT2D eigenvalue weighted by Gasteiger charge is 2.20. The van der Waals surface area contributed by atoms with Crippen LogP contribution in [0.25, 0.3) is 11.4 Å². The molecule has 0 saturated heterocycles. The van der Waals surface area contributed by atoms with Crippen molar-refractivity contribution in [3.8, 4) is 17.1 Å². The van der Waals surface area contributed by atoms with Gasteiger partial charge < -0.3 is 14.2 Å². The van der Waals surface area contributed by atoms with E-state index in [0.29, 0.717) is 34.7 Å². The number of aromatic nitrogens is 2. The van der Waals surface area contributed by atoms with Crippen LogP contribution in [0.5, 0.6) is 5.75 Å². The number of hydrogen-bond acceptors (Lipinski definition) is 5. The van der Waals surface area contributed by atoms with Gasteiger partial charge in [0.15, 0.2) is 0 Å². The summed E-state index contributed by atoms with van der Waals surface area (Å²) in [4.78, 5) is 19.1. The van der Waals surface area contributed by atoms with Gasteiger partial charge in [0.2, 0.25) is 11.7 Å². The summed E-state index contributed by atoms with van der Waals surface area (Å²) in [5.74, 6) is 1.03. The minimum Gasteiger partial charge on any atom is -0.488 e. The first kappa shape index (κ1) is 21.6. The average Bonchev–Trinajstić information content (AvgIpc) is 3.27. The summed E-state index contributed by atoms with van der Waals surface area (Å²) < 4.78 is 11.3. The SMILES string of the molecule is Cc1cccc(-c2noc(CN(C)C(=O)c3cc(Cl)ccc3OCc3ccccc3)n2)c1. The van der Waals surface area contributed by atoms with Gasteiger partial charge in [-0.25, -0.2) is 0 Å². The third kappa shape index (κ3) is 5.15. The number of nitrogens with zero attached hydrogens (tertiary/aromatic N) is 3. The Morgan fingerprint density at radius 3 is 2.66 bits per heavy atom. The van der Waals surface area contributed by atoms with Crippen molar-refractivity contribution in [2.75, 3.05) is 7.05 Å². The normalized spacial score (nSPS) is 10.7. The molecule has 1 heterocycles. The van der Waals surface area contributed by atoms with Gasteiger partial charge >= 0.3 is 0 Å². The lowest BCUT2D eigenvalue weighted by molar-refractivity contribution is 0.0764. The highest BCUT2D eigenvalue weighted by molar-refractivity contribution is 6.31. The third-order valence-corrected chi connectivity index (χ3v) is 5.11. The molecule has 0 aliphatic carbocycles. The van der Waals surface area contributed by atoms with Crippen LogP contribution in [-0.4, -0.2) is 28.0 Å². The van der Waals surface area contributed by atoms with Gasteiger partial charge in [-0.05, 0) is 36.8 Å². The molecule has 1 aromatic heterocycles. The van der Waals surface area contributed by atoms with Crippen LogP contribution < -0.4 is 4.74 Å². The maximum Gasteiger partial charge on any atom is 0.257 e. The number of amides is 1. The molecule has 0 aliphatic heterocycles. The van der Waals surface area contributed by atoms with E-state index in [1.807, 2.05) is 61.5 Å². The molecule has 6 nitrogen and oxygen atoms in total. The van der Waals surface area contributed by atoms with E-state index in [0.717, 1.165) is 16.7 Å². The Morgan fingerprint density at radius 2 is 1.88 bits per heavy atom. The Hall–Kier alpha value is -3.64. The number of hydrogen-bond donors (Lipinski definition) is 0. The third-order valence-electron chi connectivity index (χ3n) is 4.87. The summed E-state index contributed by atoms with van der Waals surface area (Å²) in [6, 6.07) is 22.6. The Balaban J connectivity index is 1.48. The zero-order chi connectivity index (χ0) is 22.5. The smallest absolute Gasteiger partial charge is 0.257 e. The number of halogens is 1. The van der Waals surface area contributed by atoms with Crippen molar-refractivity contribution in [3.05, 3.63) is 100 Å². The van der Waals surface area contributed by atoms with Crippen molar-refractivity contribution < 1.29 is 14.1 Å². The van der Waals surface area contributed by atoms with Crippen molar-refractivity contribution in [3.63, 3.8) is 0 Å². The fourth-order valence-electron chi connectivity index (χ4n) is 3.23. The molecule has 1 amide bonds. The lowest BCUT2D eigenvalue weighted by Gasteiger charge is -2.18. The number of aryl methyl sites for hydroxylation is 1. The van der Waals surface area contributed by atoms with Crippen molar-refractivity contribution in [2.45, 2.75) is 20.1 Å².